The first kappa shape index (κ1) is 27.3. The highest BCUT2D eigenvalue weighted by Gasteiger charge is 2.52. The highest BCUT2D eigenvalue weighted by atomic mass is 16.7. The minimum atomic E-state index is -1.24. The van der Waals surface area contributed by atoms with E-state index in [0.717, 1.165) is 32.1 Å². The molecule has 3 N–H and O–H groups in total. The number of aliphatic hydroxyl groups excluding tert-OH is 2. The number of allylic oxidation sites excluding steroid dienone is 3. The van der Waals surface area contributed by atoms with Crippen LogP contribution in [0.15, 0.2) is 23.8 Å². The lowest BCUT2D eigenvalue weighted by atomic mass is 9.52. The number of hydrogen-bond acceptors (Lipinski definition) is 7. The number of ether oxygens (including phenoxy) is 3. The molecule has 0 radical (unpaired) electrons. The average Bonchev–Trinajstić information content (AvgIpc) is 2.74. The summed E-state index contributed by atoms with van der Waals surface area (Å²) in [4.78, 5) is 11.6. The van der Waals surface area contributed by atoms with Crippen LogP contribution in [0.4, 0.5) is 0 Å². The minimum absolute atomic E-state index is 0.0567. The molecule has 0 unspecified atom stereocenters. The molecule has 2 saturated carbocycles. The van der Waals surface area contributed by atoms with Crippen LogP contribution in [-0.4, -0.2) is 64.2 Å². The molecule has 1 aliphatic heterocycles. The Hall–Kier alpha value is -1.25. The summed E-state index contributed by atoms with van der Waals surface area (Å²) in [5.41, 5.74) is 0.598. The van der Waals surface area contributed by atoms with E-state index in [0.29, 0.717) is 17.8 Å². The van der Waals surface area contributed by atoms with Gasteiger partial charge in [0.1, 0.15) is 12.2 Å². The Morgan fingerprint density at radius 2 is 1.85 bits per heavy atom. The maximum Gasteiger partial charge on any atom is 0.303 e. The summed E-state index contributed by atoms with van der Waals surface area (Å²) in [5.74, 6) is 0.811. The van der Waals surface area contributed by atoms with E-state index in [4.69, 9.17) is 14.2 Å². The van der Waals surface area contributed by atoms with Gasteiger partial charge in [0.2, 0.25) is 0 Å². The Morgan fingerprint density at radius 1 is 1.15 bits per heavy atom. The van der Waals surface area contributed by atoms with Gasteiger partial charge in [-0.05, 0) is 76.0 Å². The summed E-state index contributed by atoms with van der Waals surface area (Å²) in [6, 6.07) is 0. The van der Waals surface area contributed by atoms with Crippen LogP contribution in [0.3, 0.4) is 0 Å². The molecule has 1 saturated heterocycles. The van der Waals surface area contributed by atoms with Crippen molar-refractivity contribution in [2.24, 2.45) is 23.2 Å². The molecule has 34 heavy (non-hydrogen) atoms. The van der Waals surface area contributed by atoms with Gasteiger partial charge in [-0.25, -0.2) is 0 Å². The van der Waals surface area contributed by atoms with E-state index in [1.807, 2.05) is 12.2 Å². The number of rotatable bonds is 6. The van der Waals surface area contributed by atoms with Gasteiger partial charge in [-0.1, -0.05) is 37.6 Å². The van der Waals surface area contributed by atoms with Crippen LogP contribution < -0.4 is 0 Å². The molecule has 0 spiro atoms. The van der Waals surface area contributed by atoms with Crippen molar-refractivity contribution in [1.82, 2.24) is 0 Å². The molecule has 0 aromatic heterocycles. The summed E-state index contributed by atoms with van der Waals surface area (Å²) in [5, 5.41) is 30.3. The normalized spacial score (nSPS) is 41.9. The lowest BCUT2D eigenvalue weighted by Crippen LogP contribution is -2.58. The van der Waals surface area contributed by atoms with E-state index in [9.17, 15) is 20.1 Å². The molecule has 0 amide bonds. The molecule has 3 rings (SSSR count). The zero-order valence-electron chi connectivity index (χ0n) is 21.6. The highest BCUT2D eigenvalue weighted by molar-refractivity contribution is 5.66. The highest BCUT2D eigenvalue weighted by Crippen LogP contribution is 2.56. The molecule has 3 fully saturated rings. The van der Waals surface area contributed by atoms with E-state index >= 15 is 0 Å². The lowest BCUT2D eigenvalue weighted by Gasteiger charge is -2.55. The van der Waals surface area contributed by atoms with Gasteiger partial charge < -0.3 is 29.5 Å². The molecule has 0 aromatic carbocycles. The van der Waals surface area contributed by atoms with Crippen molar-refractivity contribution in [1.29, 1.82) is 0 Å². The minimum Gasteiger partial charge on any atom is -0.454 e. The number of aliphatic hydroxyl groups is 3. The molecule has 7 nitrogen and oxygen atoms in total. The predicted molar refractivity (Wildman–Crippen MR) is 129 cm³/mol. The van der Waals surface area contributed by atoms with E-state index in [1.54, 1.807) is 13.8 Å². The van der Waals surface area contributed by atoms with Crippen molar-refractivity contribution >= 4 is 5.97 Å². The zero-order chi connectivity index (χ0) is 25.3. The molecular weight excluding hydrogens is 436 g/mol. The van der Waals surface area contributed by atoms with Crippen LogP contribution in [0, 0.1) is 23.2 Å². The third-order valence-corrected chi connectivity index (χ3v) is 8.37. The molecule has 2 aliphatic carbocycles. The molecule has 3 aliphatic rings. The Kier molecular flexibility index (Phi) is 8.68. The van der Waals surface area contributed by atoms with E-state index in [-0.39, 0.29) is 18.1 Å². The van der Waals surface area contributed by atoms with Crippen LogP contribution >= 0.6 is 0 Å². The van der Waals surface area contributed by atoms with Crippen molar-refractivity contribution in [3.63, 3.8) is 0 Å². The largest absolute Gasteiger partial charge is 0.454 e. The Labute approximate surface area is 204 Å². The van der Waals surface area contributed by atoms with Crippen LogP contribution in [0.25, 0.3) is 0 Å². The first-order valence-corrected chi connectivity index (χ1v) is 12.7. The monoisotopic (exact) mass is 480 g/mol. The van der Waals surface area contributed by atoms with E-state index in [1.165, 1.54) is 12.5 Å². The number of hydrogen-bond donors (Lipinski definition) is 3. The Balaban J connectivity index is 1.73. The second-order valence-electron chi connectivity index (χ2n) is 11.5. The van der Waals surface area contributed by atoms with Crippen molar-refractivity contribution in [3.05, 3.63) is 23.8 Å². The fraction of sp³-hybridized carbons (Fsp3) is 0.815. The average molecular weight is 481 g/mol. The second kappa shape index (κ2) is 10.8. The van der Waals surface area contributed by atoms with Crippen LogP contribution in [0.5, 0.6) is 0 Å². The summed E-state index contributed by atoms with van der Waals surface area (Å²) < 4.78 is 17.4. The third-order valence-electron chi connectivity index (χ3n) is 8.37. The number of esters is 1. The van der Waals surface area contributed by atoms with Gasteiger partial charge in [0.05, 0.1) is 18.3 Å². The summed E-state index contributed by atoms with van der Waals surface area (Å²) in [7, 11) is 0. The number of carbonyl (C=O) groups excluding carboxylic acids is 1. The first-order valence-electron chi connectivity index (χ1n) is 12.7. The van der Waals surface area contributed by atoms with Gasteiger partial charge in [-0.3, -0.25) is 4.79 Å². The number of fused-ring (bicyclic) bond motifs is 1. The second-order valence-corrected chi connectivity index (χ2v) is 11.5. The van der Waals surface area contributed by atoms with E-state index < -0.39 is 36.2 Å². The van der Waals surface area contributed by atoms with Crippen molar-refractivity contribution < 1.29 is 34.3 Å². The number of carbonyl (C=O) groups is 1. The van der Waals surface area contributed by atoms with Gasteiger partial charge in [0.25, 0.3) is 0 Å². The maximum atomic E-state index is 11.6. The van der Waals surface area contributed by atoms with E-state index in [2.05, 4.69) is 26.8 Å². The van der Waals surface area contributed by atoms with Crippen LogP contribution in [0.1, 0.15) is 73.6 Å². The van der Waals surface area contributed by atoms with Gasteiger partial charge >= 0.3 is 5.97 Å². The SMILES string of the molecule is CC(=O)O[C@@H]1[C@H](O[C@@H]2CC[C@@H](C)[C@]3(C)C[C@H](/C(C)=C/C=C/C(C)(C)O)CC[C@@H]23)OC[C@@H](O)[C@H]1O. The van der Waals surface area contributed by atoms with Gasteiger partial charge in [0.15, 0.2) is 12.4 Å². The summed E-state index contributed by atoms with van der Waals surface area (Å²) >= 11 is 0. The predicted octanol–water partition coefficient (Wildman–Crippen LogP) is 3.51. The van der Waals surface area contributed by atoms with Crippen molar-refractivity contribution in [2.45, 2.75) is 110 Å². The quantitative estimate of drug-likeness (QED) is 0.395. The van der Waals surface area contributed by atoms with Crippen molar-refractivity contribution in [2.75, 3.05) is 6.61 Å². The topological polar surface area (TPSA) is 105 Å². The fourth-order valence-electron chi connectivity index (χ4n) is 6.11. The molecular formula is C27H44O7. The van der Waals surface area contributed by atoms with Gasteiger partial charge in [-0.15, -0.1) is 0 Å². The van der Waals surface area contributed by atoms with Crippen LogP contribution in [-0.2, 0) is 19.0 Å². The lowest BCUT2D eigenvalue weighted by molar-refractivity contribution is -0.300. The maximum absolute atomic E-state index is 11.6. The summed E-state index contributed by atoms with van der Waals surface area (Å²) in [6.45, 7) is 11.6. The molecule has 9 atom stereocenters. The Morgan fingerprint density at radius 3 is 2.50 bits per heavy atom. The van der Waals surface area contributed by atoms with Crippen LogP contribution in [0.2, 0.25) is 0 Å². The third kappa shape index (κ3) is 6.30. The van der Waals surface area contributed by atoms with Crippen molar-refractivity contribution in [3.8, 4) is 0 Å². The fourth-order valence-corrected chi connectivity index (χ4v) is 6.11. The molecule has 0 bridgehead atoms. The molecule has 7 heteroatoms. The Bertz CT molecular complexity index is 769. The molecule has 194 valence electrons. The zero-order valence-corrected chi connectivity index (χ0v) is 21.6. The standard InChI is InChI=1S/C27H44O7/c1-16(8-7-13-26(4,5)31)19-10-11-20-22(12-9-17(2)27(20,6)14-19)34-25-24(33-18(3)28)23(30)21(29)15-32-25/h7-8,13,17,19-25,29-31H,9-12,14-15H2,1-6H3/b13-7+,16-8+/t17-,19-,20+,21-,22-,23-,24+,25+,27+/m1/s1. The summed E-state index contributed by atoms with van der Waals surface area (Å²) in [6.07, 6.45) is 6.60. The first-order chi connectivity index (χ1) is 15.8. The smallest absolute Gasteiger partial charge is 0.303 e. The molecule has 1 heterocycles. The van der Waals surface area contributed by atoms with Gasteiger partial charge in [-0.2, -0.15) is 0 Å². The van der Waals surface area contributed by atoms with Gasteiger partial charge in [0, 0.05) is 6.92 Å². The molecule has 0 aromatic rings.